The van der Waals surface area contributed by atoms with Crippen molar-refractivity contribution in [3.63, 3.8) is 0 Å². The van der Waals surface area contributed by atoms with Crippen LogP contribution < -0.4 is 10.6 Å². The van der Waals surface area contributed by atoms with E-state index in [2.05, 4.69) is 15.6 Å². The molecular formula is C18H22N4O2. The zero-order valence-corrected chi connectivity index (χ0v) is 14.2. The molecule has 0 aliphatic heterocycles. The minimum atomic E-state index is -0.118. The van der Waals surface area contributed by atoms with Crippen molar-refractivity contribution in [3.8, 4) is 0 Å². The molecule has 0 saturated carbocycles. The average Bonchev–Trinajstić information content (AvgIpc) is 2.56. The highest BCUT2D eigenvalue weighted by atomic mass is 16.2. The van der Waals surface area contributed by atoms with Crippen LogP contribution in [0.15, 0.2) is 42.6 Å². The minimum Gasteiger partial charge on any atom is -0.354 e. The Kier molecular flexibility index (Phi) is 5.89. The van der Waals surface area contributed by atoms with Gasteiger partial charge < -0.3 is 15.5 Å². The van der Waals surface area contributed by atoms with E-state index >= 15 is 0 Å². The first-order valence-electron chi connectivity index (χ1n) is 7.93. The van der Waals surface area contributed by atoms with Gasteiger partial charge in [-0.05, 0) is 44.2 Å². The summed E-state index contributed by atoms with van der Waals surface area (Å²) in [6.07, 6.45) is 1.63. The lowest BCUT2D eigenvalue weighted by Gasteiger charge is -2.18. The van der Waals surface area contributed by atoms with Crippen LogP contribution in [0.4, 0.5) is 17.1 Å². The fourth-order valence-electron chi connectivity index (χ4n) is 2.31. The molecule has 1 aromatic carbocycles. The number of hydrogen-bond donors (Lipinski definition) is 2. The molecule has 24 heavy (non-hydrogen) atoms. The van der Waals surface area contributed by atoms with Crippen LogP contribution in [-0.2, 0) is 4.79 Å². The van der Waals surface area contributed by atoms with Crippen molar-refractivity contribution in [2.24, 2.45) is 0 Å². The van der Waals surface area contributed by atoms with Gasteiger partial charge in [0.15, 0.2) is 0 Å². The Morgan fingerprint density at radius 2 is 1.75 bits per heavy atom. The normalized spacial score (nSPS) is 10.1. The Hall–Kier alpha value is -2.89. The highest BCUT2D eigenvalue weighted by molar-refractivity contribution is 5.92. The molecule has 2 amide bonds. The van der Waals surface area contributed by atoms with Crippen LogP contribution in [0, 0.1) is 0 Å². The zero-order valence-electron chi connectivity index (χ0n) is 14.2. The van der Waals surface area contributed by atoms with E-state index in [1.165, 1.54) is 6.92 Å². The molecule has 0 spiro atoms. The fraction of sp³-hybridized carbons (Fsp3) is 0.278. The van der Waals surface area contributed by atoms with Crippen LogP contribution in [0.5, 0.6) is 0 Å². The maximum Gasteiger partial charge on any atom is 0.272 e. The third-order valence-corrected chi connectivity index (χ3v) is 3.50. The maximum absolute atomic E-state index is 12.2. The van der Waals surface area contributed by atoms with E-state index in [4.69, 9.17) is 0 Å². The van der Waals surface area contributed by atoms with Crippen LogP contribution in [0.1, 0.15) is 31.3 Å². The number of carbonyl (C=O) groups is 2. The predicted octanol–water partition coefficient (Wildman–Crippen LogP) is 3.27. The molecule has 0 unspecified atom stereocenters. The van der Waals surface area contributed by atoms with E-state index in [-0.39, 0.29) is 11.8 Å². The van der Waals surface area contributed by atoms with Gasteiger partial charge in [-0.15, -0.1) is 0 Å². The molecule has 0 radical (unpaired) electrons. The van der Waals surface area contributed by atoms with Crippen LogP contribution in [0.25, 0.3) is 0 Å². The van der Waals surface area contributed by atoms with Crippen LogP contribution in [0.2, 0.25) is 0 Å². The average molecular weight is 326 g/mol. The number of nitrogens with zero attached hydrogens (tertiary/aromatic N) is 2. The standard InChI is InChI=1S/C18H22N4O2/c1-4-22(5-2)18(24)17-10-9-16(12-19-17)21-15-8-6-7-14(11-15)20-13(3)23/h6-12,21H,4-5H2,1-3H3,(H,20,23). The molecular weight excluding hydrogens is 304 g/mol. The van der Waals surface area contributed by atoms with Gasteiger partial charge in [-0.25, -0.2) is 4.98 Å². The number of pyridine rings is 1. The lowest BCUT2D eigenvalue weighted by molar-refractivity contribution is -0.114. The summed E-state index contributed by atoms with van der Waals surface area (Å²) in [5.41, 5.74) is 2.74. The van der Waals surface area contributed by atoms with Crippen LogP contribution in [-0.4, -0.2) is 34.8 Å². The predicted molar refractivity (Wildman–Crippen MR) is 95.5 cm³/mol. The second kappa shape index (κ2) is 8.10. The van der Waals surface area contributed by atoms with E-state index in [9.17, 15) is 9.59 Å². The number of benzene rings is 1. The molecule has 6 nitrogen and oxygen atoms in total. The Bertz CT molecular complexity index is 709. The van der Waals surface area contributed by atoms with Crippen molar-refractivity contribution < 1.29 is 9.59 Å². The largest absolute Gasteiger partial charge is 0.354 e. The van der Waals surface area contributed by atoms with E-state index in [1.54, 1.807) is 17.2 Å². The van der Waals surface area contributed by atoms with Gasteiger partial charge >= 0.3 is 0 Å². The van der Waals surface area contributed by atoms with Gasteiger partial charge in [-0.1, -0.05) is 6.07 Å². The Morgan fingerprint density at radius 1 is 1.04 bits per heavy atom. The summed E-state index contributed by atoms with van der Waals surface area (Å²) in [5.74, 6) is -0.188. The summed E-state index contributed by atoms with van der Waals surface area (Å²) in [5, 5.41) is 5.94. The van der Waals surface area contributed by atoms with Gasteiger partial charge in [-0.3, -0.25) is 9.59 Å². The first kappa shape index (κ1) is 17.5. The molecule has 1 aromatic heterocycles. The summed E-state index contributed by atoms with van der Waals surface area (Å²) in [6, 6.07) is 10.9. The second-order valence-electron chi connectivity index (χ2n) is 5.30. The molecule has 0 aliphatic rings. The van der Waals surface area contributed by atoms with Gasteiger partial charge in [0.05, 0.1) is 11.9 Å². The lowest BCUT2D eigenvalue weighted by Crippen LogP contribution is -2.31. The smallest absolute Gasteiger partial charge is 0.272 e. The number of carbonyl (C=O) groups excluding carboxylic acids is 2. The van der Waals surface area contributed by atoms with E-state index in [1.807, 2.05) is 44.2 Å². The molecule has 2 N–H and O–H groups in total. The van der Waals surface area contributed by atoms with Gasteiger partial charge in [0.25, 0.3) is 5.91 Å². The number of rotatable bonds is 6. The monoisotopic (exact) mass is 326 g/mol. The van der Waals surface area contributed by atoms with E-state index in [0.29, 0.717) is 24.5 Å². The van der Waals surface area contributed by atoms with Crippen molar-refractivity contribution in [2.75, 3.05) is 23.7 Å². The fourth-order valence-corrected chi connectivity index (χ4v) is 2.31. The molecule has 0 fully saturated rings. The van der Waals surface area contributed by atoms with Crippen molar-refractivity contribution >= 4 is 28.9 Å². The lowest BCUT2D eigenvalue weighted by atomic mass is 10.2. The molecule has 2 rings (SSSR count). The zero-order chi connectivity index (χ0) is 17.5. The summed E-state index contributed by atoms with van der Waals surface area (Å²) < 4.78 is 0. The molecule has 1 heterocycles. The molecule has 0 saturated heterocycles. The first-order chi connectivity index (χ1) is 11.5. The number of anilines is 3. The highest BCUT2D eigenvalue weighted by Crippen LogP contribution is 2.20. The first-order valence-corrected chi connectivity index (χ1v) is 7.93. The Labute approximate surface area is 141 Å². The molecule has 0 atom stereocenters. The number of hydrogen-bond acceptors (Lipinski definition) is 4. The summed E-state index contributed by atoms with van der Waals surface area (Å²) in [6.45, 7) is 6.67. The maximum atomic E-state index is 12.2. The number of aromatic nitrogens is 1. The molecule has 126 valence electrons. The SMILES string of the molecule is CCN(CC)C(=O)c1ccc(Nc2cccc(NC(C)=O)c2)cn1. The molecule has 6 heteroatoms. The van der Waals surface area contributed by atoms with E-state index in [0.717, 1.165) is 11.4 Å². The Balaban J connectivity index is 2.09. The molecule has 0 bridgehead atoms. The summed E-state index contributed by atoms with van der Waals surface area (Å²) in [7, 11) is 0. The highest BCUT2D eigenvalue weighted by Gasteiger charge is 2.13. The van der Waals surface area contributed by atoms with Crippen molar-refractivity contribution in [3.05, 3.63) is 48.3 Å². The topological polar surface area (TPSA) is 74.3 Å². The third-order valence-electron chi connectivity index (χ3n) is 3.50. The van der Waals surface area contributed by atoms with E-state index < -0.39 is 0 Å². The molecule has 0 aliphatic carbocycles. The summed E-state index contributed by atoms with van der Waals surface area (Å²) in [4.78, 5) is 29.3. The summed E-state index contributed by atoms with van der Waals surface area (Å²) >= 11 is 0. The van der Waals surface area contributed by atoms with Gasteiger partial charge in [0, 0.05) is 31.4 Å². The number of nitrogens with one attached hydrogen (secondary N) is 2. The minimum absolute atomic E-state index is 0.0702. The Morgan fingerprint density at radius 3 is 2.33 bits per heavy atom. The van der Waals surface area contributed by atoms with Crippen molar-refractivity contribution in [1.82, 2.24) is 9.88 Å². The second-order valence-corrected chi connectivity index (χ2v) is 5.30. The molecule has 2 aromatic rings. The quantitative estimate of drug-likeness (QED) is 0.854. The third kappa shape index (κ3) is 4.55. The number of amides is 2. The van der Waals surface area contributed by atoms with Gasteiger partial charge in [-0.2, -0.15) is 0 Å². The van der Waals surface area contributed by atoms with Gasteiger partial charge in [0.1, 0.15) is 5.69 Å². The van der Waals surface area contributed by atoms with Crippen molar-refractivity contribution in [2.45, 2.75) is 20.8 Å². The van der Waals surface area contributed by atoms with Crippen LogP contribution in [0.3, 0.4) is 0 Å². The van der Waals surface area contributed by atoms with Crippen molar-refractivity contribution in [1.29, 1.82) is 0 Å². The van der Waals surface area contributed by atoms with Gasteiger partial charge in [0.2, 0.25) is 5.91 Å². The van der Waals surface area contributed by atoms with Crippen LogP contribution >= 0.6 is 0 Å².